The Bertz CT molecular complexity index is 1940. The van der Waals surface area contributed by atoms with Gasteiger partial charge in [-0.15, -0.1) is 0 Å². The Hall–Kier alpha value is -5.40. The minimum atomic E-state index is -4.67. The van der Waals surface area contributed by atoms with Crippen LogP contribution in [0, 0.1) is 13.8 Å². The molecule has 6 aromatic heterocycles. The molecule has 0 fully saturated rings. The Kier molecular flexibility index (Phi) is 7.69. The van der Waals surface area contributed by atoms with Crippen molar-refractivity contribution in [3.63, 3.8) is 0 Å². The van der Waals surface area contributed by atoms with E-state index in [-0.39, 0.29) is 11.6 Å². The van der Waals surface area contributed by atoms with Gasteiger partial charge in [-0.1, -0.05) is 12.1 Å². The molecule has 0 aliphatic heterocycles. The van der Waals surface area contributed by atoms with Crippen LogP contribution in [0.25, 0.3) is 34.2 Å². The monoisotopic (exact) mass is 648 g/mol. The van der Waals surface area contributed by atoms with Crippen LogP contribution < -0.4 is 0 Å². The molecule has 47 heavy (non-hydrogen) atoms. The zero-order valence-corrected chi connectivity index (χ0v) is 25.4. The predicted molar refractivity (Wildman–Crippen MR) is 161 cm³/mol. The first-order valence-corrected chi connectivity index (χ1v) is 14.3. The minimum absolute atomic E-state index is 0.104. The zero-order chi connectivity index (χ0) is 33.7. The molecule has 0 unspecified atom stereocenters. The molecule has 6 heterocycles. The lowest BCUT2D eigenvalue weighted by molar-refractivity contribution is -0.142. The normalized spacial score (nSPS) is 12.5. The molecule has 6 rings (SSSR count). The number of rotatable bonds is 6. The number of alkyl halides is 6. The fourth-order valence-corrected chi connectivity index (χ4v) is 5.05. The standard InChI is InChI=1S/C33H26F6N8/c1-19-7-5-9-23(40-19)21-11-13-25(42-29(21)46-17-15-27(44-46)32(34,35)36)31(3,4)26-14-12-22(24-10-6-8-20(2)41-24)30(43-26)47-18-16-28(45-47)33(37,38)39/h5-18H,1-4H3. The van der Waals surface area contributed by atoms with Crippen molar-refractivity contribution in [3.05, 3.63) is 119 Å². The average Bonchev–Trinajstić information content (AvgIpc) is 3.72. The van der Waals surface area contributed by atoms with E-state index in [0.717, 1.165) is 21.5 Å². The van der Waals surface area contributed by atoms with Crippen molar-refractivity contribution >= 4 is 0 Å². The molecule has 0 aromatic carbocycles. The van der Waals surface area contributed by atoms with Crippen molar-refractivity contribution in [1.29, 1.82) is 0 Å². The maximum absolute atomic E-state index is 13.5. The Morgan fingerprint density at radius 3 is 1.23 bits per heavy atom. The summed E-state index contributed by atoms with van der Waals surface area (Å²) >= 11 is 0. The Morgan fingerprint density at radius 1 is 0.489 bits per heavy atom. The number of aryl methyl sites for hydroxylation is 2. The van der Waals surface area contributed by atoms with Gasteiger partial charge in [0, 0.05) is 40.3 Å². The molecular formula is C33H26F6N8. The second kappa shape index (κ2) is 11.4. The molecule has 0 bridgehead atoms. The van der Waals surface area contributed by atoms with Crippen molar-refractivity contribution in [3.8, 4) is 34.2 Å². The van der Waals surface area contributed by atoms with Crippen molar-refractivity contribution in [1.82, 2.24) is 39.5 Å². The molecule has 0 atom stereocenters. The average molecular weight is 649 g/mol. The zero-order valence-electron chi connectivity index (χ0n) is 25.4. The third-order valence-electron chi connectivity index (χ3n) is 7.55. The van der Waals surface area contributed by atoms with Crippen molar-refractivity contribution in [2.24, 2.45) is 0 Å². The van der Waals surface area contributed by atoms with Crippen LogP contribution in [0.4, 0.5) is 26.3 Å². The van der Waals surface area contributed by atoms with E-state index in [9.17, 15) is 26.3 Å². The van der Waals surface area contributed by atoms with E-state index in [1.165, 1.54) is 12.4 Å². The molecule has 6 aromatic rings. The molecule has 0 spiro atoms. The second-order valence-electron chi connectivity index (χ2n) is 11.4. The number of halogens is 6. The van der Waals surface area contributed by atoms with Crippen LogP contribution in [0.5, 0.6) is 0 Å². The highest BCUT2D eigenvalue weighted by molar-refractivity contribution is 5.69. The van der Waals surface area contributed by atoms with Gasteiger partial charge in [0.05, 0.1) is 22.8 Å². The largest absolute Gasteiger partial charge is 0.435 e. The lowest BCUT2D eigenvalue weighted by Crippen LogP contribution is -2.24. The highest BCUT2D eigenvalue weighted by Gasteiger charge is 2.36. The van der Waals surface area contributed by atoms with Crippen LogP contribution in [0.15, 0.2) is 85.2 Å². The van der Waals surface area contributed by atoms with Gasteiger partial charge in [-0.25, -0.2) is 19.3 Å². The molecular weight excluding hydrogens is 622 g/mol. The fourth-order valence-electron chi connectivity index (χ4n) is 5.05. The van der Waals surface area contributed by atoms with E-state index < -0.39 is 29.2 Å². The van der Waals surface area contributed by atoms with Gasteiger partial charge in [-0.2, -0.15) is 36.5 Å². The summed E-state index contributed by atoms with van der Waals surface area (Å²) in [6, 6.07) is 19.1. The Labute approximate surface area is 264 Å². The van der Waals surface area contributed by atoms with Crippen molar-refractivity contribution in [2.75, 3.05) is 0 Å². The number of hydrogen-bond donors (Lipinski definition) is 0. The Morgan fingerprint density at radius 2 is 0.894 bits per heavy atom. The van der Waals surface area contributed by atoms with E-state index >= 15 is 0 Å². The van der Waals surface area contributed by atoms with Crippen LogP contribution in [-0.4, -0.2) is 39.5 Å². The molecule has 8 nitrogen and oxygen atoms in total. The van der Waals surface area contributed by atoms with Crippen molar-refractivity contribution in [2.45, 2.75) is 45.5 Å². The smallest absolute Gasteiger partial charge is 0.253 e. The van der Waals surface area contributed by atoms with Gasteiger partial charge in [0.15, 0.2) is 23.0 Å². The summed E-state index contributed by atoms with van der Waals surface area (Å²) in [5.74, 6) is 0.207. The lowest BCUT2D eigenvalue weighted by atomic mass is 9.84. The van der Waals surface area contributed by atoms with Gasteiger partial charge in [-0.3, -0.25) is 9.97 Å². The van der Waals surface area contributed by atoms with Gasteiger partial charge < -0.3 is 0 Å². The van der Waals surface area contributed by atoms with Gasteiger partial charge in [-0.05, 0) is 88.4 Å². The lowest BCUT2D eigenvalue weighted by Gasteiger charge is -2.26. The topological polar surface area (TPSA) is 87.2 Å². The van der Waals surface area contributed by atoms with E-state index in [0.29, 0.717) is 45.3 Å². The SMILES string of the molecule is Cc1cccc(-c2ccc(C(C)(C)c3ccc(-c4cccc(C)n4)c(-n4ccc(C(F)(F)F)n4)n3)nc2-n2ccc(C(F)(F)F)n2)n1. The van der Waals surface area contributed by atoms with Crippen LogP contribution in [0.2, 0.25) is 0 Å². The van der Waals surface area contributed by atoms with Crippen LogP contribution in [0.3, 0.4) is 0 Å². The molecule has 0 aliphatic carbocycles. The van der Waals surface area contributed by atoms with Crippen molar-refractivity contribution < 1.29 is 26.3 Å². The maximum Gasteiger partial charge on any atom is 0.435 e. The molecule has 0 amide bonds. The van der Waals surface area contributed by atoms with E-state index in [2.05, 4.69) is 20.2 Å². The summed E-state index contributed by atoms with van der Waals surface area (Å²) in [4.78, 5) is 18.7. The highest BCUT2D eigenvalue weighted by atomic mass is 19.4. The van der Waals surface area contributed by atoms with Gasteiger partial charge in [0.25, 0.3) is 0 Å². The van der Waals surface area contributed by atoms with Gasteiger partial charge in [0.2, 0.25) is 0 Å². The molecule has 0 saturated carbocycles. The predicted octanol–water partition coefficient (Wildman–Crippen LogP) is 7.95. The minimum Gasteiger partial charge on any atom is -0.253 e. The molecule has 0 aliphatic rings. The first-order valence-electron chi connectivity index (χ1n) is 14.3. The second-order valence-corrected chi connectivity index (χ2v) is 11.4. The third kappa shape index (κ3) is 6.22. The first-order chi connectivity index (χ1) is 22.1. The van der Waals surface area contributed by atoms with Crippen LogP contribution in [-0.2, 0) is 17.8 Å². The number of nitrogens with zero attached hydrogens (tertiary/aromatic N) is 8. The molecule has 240 valence electrons. The number of hydrogen-bond acceptors (Lipinski definition) is 6. The summed E-state index contributed by atoms with van der Waals surface area (Å²) < 4.78 is 83.2. The fraction of sp³-hybridized carbons (Fsp3) is 0.212. The van der Waals surface area contributed by atoms with E-state index in [1.54, 1.807) is 88.4 Å². The Balaban J connectivity index is 1.51. The molecule has 0 saturated heterocycles. The quantitative estimate of drug-likeness (QED) is 0.170. The number of pyridine rings is 4. The third-order valence-corrected chi connectivity index (χ3v) is 7.55. The maximum atomic E-state index is 13.5. The molecule has 0 radical (unpaired) electrons. The van der Waals surface area contributed by atoms with E-state index in [1.807, 2.05) is 0 Å². The first kappa shape index (κ1) is 31.6. The van der Waals surface area contributed by atoms with E-state index in [4.69, 9.17) is 9.97 Å². The van der Waals surface area contributed by atoms with Crippen LogP contribution >= 0.6 is 0 Å². The summed E-state index contributed by atoms with van der Waals surface area (Å²) in [5.41, 5.74) is 0.863. The molecule has 0 N–H and O–H groups in total. The summed E-state index contributed by atoms with van der Waals surface area (Å²) in [6.45, 7) is 7.18. The van der Waals surface area contributed by atoms with Gasteiger partial charge >= 0.3 is 12.4 Å². The number of aromatic nitrogens is 8. The summed E-state index contributed by atoms with van der Waals surface area (Å²) in [7, 11) is 0. The van der Waals surface area contributed by atoms with Gasteiger partial charge in [0.1, 0.15) is 0 Å². The van der Waals surface area contributed by atoms with Crippen LogP contribution in [0.1, 0.15) is 48.0 Å². The molecule has 14 heteroatoms. The summed E-state index contributed by atoms with van der Waals surface area (Å²) in [5, 5.41) is 7.52. The highest BCUT2D eigenvalue weighted by Crippen LogP contribution is 2.36. The summed E-state index contributed by atoms with van der Waals surface area (Å²) in [6.07, 6.45) is -6.98.